The second-order valence-electron chi connectivity index (χ2n) is 0.556. The van der Waals surface area contributed by atoms with Crippen LogP contribution in [0.2, 0.25) is 0 Å². The number of nitrogens with zero attached hydrogens (tertiary/aromatic N) is 1. The molecule has 0 fully saturated rings. The average Bonchev–Trinajstić information content (AvgIpc) is 1.38. The van der Waals surface area contributed by atoms with E-state index >= 15 is 0 Å². The van der Waals surface area contributed by atoms with Crippen LogP contribution in [0, 0.1) is 17.0 Å². The fraction of sp³-hybridized carbons (Fsp3) is 0.500. The van der Waals surface area contributed by atoms with Gasteiger partial charge in [-0.1, -0.05) is 0 Å². The second-order valence-corrected chi connectivity index (χ2v) is 0.556. The smallest absolute Gasteiger partial charge is 0.0867 e. The van der Waals surface area contributed by atoms with Crippen molar-refractivity contribution >= 4 is 0 Å². The molecule has 0 spiro atoms. The first-order valence-electron chi connectivity index (χ1n) is 1.18. The van der Waals surface area contributed by atoms with E-state index in [2.05, 4.69) is 6.92 Å². The van der Waals surface area contributed by atoms with Gasteiger partial charge in [0.1, 0.15) is 0 Å². The van der Waals surface area contributed by atoms with E-state index in [1.165, 1.54) is 0 Å². The Labute approximate surface area is 29.8 Å². The highest BCUT2D eigenvalue weighted by molar-refractivity contribution is 4.23. The van der Waals surface area contributed by atoms with E-state index in [-0.39, 0.29) is 6.54 Å². The van der Waals surface area contributed by atoms with Gasteiger partial charge in [0.25, 0.3) is 0 Å². The monoisotopic (exact) mass is 74.0 g/mol. The van der Waals surface area contributed by atoms with Gasteiger partial charge in [0.15, 0.2) is 0 Å². The minimum Gasteiger partial charge on any atom is -0.273 e. The zero-order chi connectivity index (χ0) is 4.28. The third-order valence-corrected chi connectivity index (χ3v) is 0.183. The third-order valence-electron chi connectivity index (χ3n) is 0.183. The van der Waals surface area contributed by atoms with Crippen LogP contribution in [0.3, 0.4) is 0 Å². The molecule has 0 aliphatic rings. The maximum atomic E-state index is 9.11. The van der Waals surface area contributed by atoms with Crippen LogP contribution >= 0.6 is 0 Å². The van der Waals surface area contributed by atoms with Gasteiger partial charge in [0, 0.05) is 0 Å². The first-order valence-corrected chi connectivity index (χ1v) is 1.18. The molecule has 0 radical (unpaired) electrons. The molecule has 0 aromatic heterocycles. The molecule has 0 bridgehead atoms. The van der Waals surface area contributed by atoms with Crippen molar-refractivity contribution in [2.45, 2.75) is 0 Å². The molecule has 0 atom stereocenters. The summed E-state index contributed by atoms with van der Waals surface area (Å²) in [6.07, 6.45) is 0. The Bertz CT molecular complexity index is 42.9. The van der Waals surface area contributed by atoms with Crippen LogP contribution in [0.4, 0.5) is 0 Å². The lowest BCUT2D eigenvalue weighted by Crippen LogP contribution is -1.92. The van der Waals surface area contributed by atoms with Gasteiger partial charge >= 0.3 is 0 Å². The van der Waals surface area contributed by atoms with E-state index in [9.17, 15) is 0 Å². The highest BCUT2D eigenvalue weighted by atomic mass is 16.6. The van der Waals surface area contributed by atoms with Crippen LogP contribution in [0.1, 0.15) is 0 Å². The van der Waals surface area contributed by atoms with Crippen LogP contribution in [-0.4, -0.2) is 11.5 Å². The predicted molar refractivity (Wildman–Crippen MR) is 17.2 cm³/mol. The number of hydrogen-bond acceptors (Lipinski definition) is 2. The van der Waals surface area contributed by atoms with Crippen LogP contribution in [0.15, 0.2) is 0 Å². The van der Waals surface area contributed by atoms with E-state index in [0.29, 0.717) is 0 Å². The molecule has 30 valence electrons. The van der Waals surface area contributed by atoms with Crippen molar-refractivity contribution in [1.29, 1.82) is 0 Å². The maximum Gasteiger partial charge on any atom is 0.0867 e. The minimum absolute atomic E-state index is 0.222. The summed E-state index contributed by atoms with van der Waals surface area (Å²) in [5, 5.41) is 9.11. The highest BCUT2D eigenvalue weighted by Gasteiger charge is 1.68. The lowest BCUT2D eigenvalue weighted by molar-refractivity contribution is -0.469. The van der Waals surface area contributed by atoms with Gasteiger partial charge in [-0.3, -0.25) is 17.0 Å². The fourth-order valence-electron chi connectivity index (χ4n) is 0. The summed E-state index contributed by atoms with van der Waals surface area (Å²) >= 11 is 0. The van der Waals surface area contributed by atoms with Gasteiger partial charge in [0.2, 0.25) is 0 Å². The van der Waals surface area contributed by atoms with Crippen LogP contribution in [0.25, 0.3) is 0 Å². The standard InChI is InChI=1S/C2H4NO2/c1-2-3(4)5/h1-2H2/q-1. The van der Waals surface area contributed by atoms with Crippen LogP contribution in [0.5, 0.6) is 0 Å². The lowest BCUT2D eigenvalue weighted by Gasteiger charge is -1.80. The van der Waals surface area contributed by atoms with Crippen molar-refractivity contribution in [1.82, 2.24) is 0 Å². The fourth-order valence-corrected chi connectivity index (χ4v) is 0. The Hall–Kier alpha value is -0.600. The van der Waals surface area contributed by atoms with Crippen molar-refractivity contribution < 1.29 is 4.92 Å². The Morgan fingerprint density at radius 3 is 2.20 bits per heavy atom. The second kappa shape index (κ2) is 1.69. The molecule has 0 unspecified atom stereocenters. The van der Waals surface area contributed by atoms with Crippen molar-refractivity contribution in [3.05, 3.63) is 17.0 Å². The number of rotatable bonds is 1. The third kappa shape index (κ3) is 3.40. The van der Waals surface area contributed by atoms with Crippen molar-refractivity contribution in [2.24, 2.45) is 0 Å². The normalized spacial score (nSPS) is 7.40. The molecule has 0 N–H and O–H groups in total. The maximum absolute atomic E-state index is 9.11. The SMILES string of the molecule is [CH2-]C[N+](=O)[O-]. The van der Waals surface area contributed by atoms with Crippen molar-refractivity contribution in [3.63, 3.8) is 0 Å². The summed E-state index contributed by atoms with van der Waals surface area (Å²) in [5.74, 6) is 0. The van der Waals surface area contributed by atoms with Crippen LogP contribution in [-0.2, 0) is 0 Å². The molecule has 3 nitrogen and oxygen atoms in total. The lowest BCUT2D eigenvalue weighted by atomic mass is 10.8. The van der Waals surface area contributed by atoms with Gasteiger partial charge in [0.05, 0.1) is 6.54 Å². The van der Waals surface area contributed by atoms with Gasteiger partial charge in [-0.25, -0.2) is 0 Å². The Kier molecular flexibility index (Phi) is 1.49. The molecule has 0 aromatic carbocycles. The molecule has 0 saturated carbocycles. The summed E-state index contributed by atoms with van der Waals surface area (Å²) < 4.78 is 0. The Balaban J connectivity index is 2.85. The van der Waals surface area contributed by atoms with Gasteiger partial charge in [-0.15, -0.1) is 0 Å². The van der Waals surface area contributed by atoms with Crippen molar-refractivity contribution in [3.8, 4) is 0 Å². The largest absolute Gasteiger partial charge is 0.273 e. The topological polar surface area (TPSA) is 43.1 Å². The molecule has 0 aromatic rings. The minimum atomic E-state index is -0.486. The molecule has 0 heterocycles. The molecule has 0 rings (SSSR count). The van der Waals surface area contributed by atoms with Gasteiger partial charge in [-0.05, 0) is 4.92 Å². The first kappa shape index (κ1) is 4.40. The number of nitro groups is 1. The average molecular weight is 74.1 g/mol. The van der Waals surface area contributed by atoms with E-state index in [1.54, 1.807) is 0 Å². The molecule has 0 amide bonds. The molecule has 0 saturated heterocycles. The van der Waals surface area contributed by atoms with Crippen LogP contribution < -0.4 is 0 Å². The molecule has 0 aliphatic heterocycles. The van der Waals surface area contributed by atoms with E-state index in [0.717, 1.165) is 0 Å². The Morgan fingerprint density at radius 1 is 2.00 bits per heavy atom. The molecule has 0 aliphatic carbocycles. The quantitative estimate of drug-likeness (QED) is 0.251. The molecule has 5 heavy (non-hydrogen) atoms. The summed E-state index contributed by atoms with van der Waals surface area (Å²) in [5.41, 5.74) is 0. The summed E-state index contributed by atoms with van der Waals surface area (Å²) in [6, 6.07) is 0. The van der Waals surface area contributed by atoms with E-state index in [1.807, 2.05) is 0 Å². The molecule has 3 heteroatoms. The zero-order valence-electron chi connectivity index (χ0n) is 2.68. The summed E-state index contributed by atoms with van der Waals surface area (Å²) in [6.45, 7) is 2.76. The van der Waals surface area contributed by atoms with Gasteiger partial charge < -0.3 is 0 Å². The predicted octanol–water partition coefficient (Wildman–Crippen LogP) is 0.0972. The number of hydrogen-bond donors (Lipinski definition) is 0. The summed E-state index contributed by atoms with van der Waals surface area (Å²) in [4.78, 5) is 8.62. The van der Waals surface area contributed by atoms with E-state index < -0.39 is 4.92 Å². The zero-order valence-corrected chi connectivity index (χ0v) is 2.68. The summed E-state index contributed by atoms with van der Waals surface area (Å²) in [7, 11) is 0. The van der Waals surface area contributed by atoms with Crippen molar-refractivity contribution in [2.75, 3.05) is 6.54 Å². The Morgan fingerprint density at radius 2 is 2.20 bits per heavy atom. The molecular weight excluding hydrogens is 70.0 g/mol. The van der Waals surface area contributed by atoms with E-state index in [4.69, 9.17) is 10.1 Å². The highest BCUT2D eigenvalue weighted by Crippen LogP contribution is 1.56. The molecular formula is C2H4NO2-. The van der Waals surface area contributed by atoms with Gasteiger partial charge in [-0.2, -0.15) is 0 Å². The first-order chi connectivity index (χ1) is 2.27.